The van der Waals surface area contributed by atoms with Crippen molar-refractivity contribution in [1.82, 2.24) is 15.1 Å². The zero-order valence-corrected chi connectivity index (χ0v) is 21.9. The van der Waals surface area contributed by atoms with Crippen LogP contribution in [0, 0.1) is 11.6 Å². The highest BCUT2D eigenvalue weighted by Crippen LogP contribution is 2.35. The maximum atomic E-state index is 14.9. The van der Waals surface area contributed by atoms with E-state index in [1.807, 2.05) is 6.07 Å². The van der Waals surface area contributed by atoms with Crippen molar-refractivity contribution >= 4 is 23.2 Å². The van der Waals surface area contributed by atoms with E-state index in [4.69, 9.17) is 9.47 Å². The van der Waals surface area contributed by atoms with Gasteiger partial charge in [-0.15, -0.1) is 0 Å². The summed E-state index contributed by atoms with van der Waals surface area (Å²) in [5, 5.41) is 9.70. The van der Waals surface area contributed by atoms with Crippen LogP contribution in [0.25, 0.3) is 11.3 Å². The molecule has 0 aliphatic carbocycles. The number of fused-ring (bicyclic) bond motifs is 2. The first kappa shape index (κ1) is 26.3. The Hall–Kier alpha value is -4.90. The first-order chi connectivity index (χ1) is 19.9. The normalized spacial score (nSPS) is 17.8. The van der Waals surface area contributed by atoms with Crippen molar-refractivity contribution in [3.05, 3.63) is 101 Å². The average molecular weight is 558 g/mol. The topological polar surface area (TPSA) is 107 Å². The lowest BCUT2D eigenvalue weighted by molar-refractivity contribution is -0.117. The number of hydrogen-bond donors (Lipinski definition) is 2. The fourth-order valence-electron chi connectivity index (χ4n) is 4.97. The van der Waals surface area contributed by atoms with Crippen LogP contribution in [-0.4, -0.2) is 53.3 Å². The summed E-state index contributed by atoms with van der Waals surface area (Å²) >= 11 is 0. The maximum absolute atomic E-state index is 14.9. The van der Waals surface area contributed by atoms with Gasteiger partial charge in [0.25, 0.3) is 11.8 Å². The fourth-order valence-corrected chi connectivity index (χ4v) is 4.97. The second-order valence-electron chi connectivity index (χ2n) is 9.59. The van der Waals surface area contributed by atoms with Gasteiger partial charge in [0.05, 0.1) is 18.0 Å². The molecule has 6 rings (SSSR count). The minimum atomic E-state index is -1.45. The van der Waals surface area contributed by atoms with E-state index >= 15 is 0 Å². The molecule has 2 aliphatic heterocycles. The molecule has 2 amide bonds. The van der Waals surface area contributed by atoms with Crippen molar-refractivity contribution in [2.75, 3.05) is 19.0 Å². The monoisotopic (exact) mass is 557 g/mol. The fraction of sp³-hybridized carbons (Fsp3) is 0.200. The lowest BCUT2D eigenvalue weighted by Crippen LogP contribution is -2.43. The maximum Gasteiger partial charge on any atom is 0.269 e. The van der Waals surface area contributed by atoms with Gasteiger partial charge in [-0.2, -0.15) is 5.10 Å². The number of amides is 2. The number of aryl methyl sites for hydroxylation is 1. The molecule has 0 spiro atoms. The van der Waals surface area contributed by atoms with Crippen molar-refractivity contribution in [2.45, 2.75) is 25.2 Å². The van der Waals surface area contributed by atoms with E-state index in [2.05, 4.69) is 20.7 Å². The Morgan fingerprint density at radius 3 is 2.56 bits per heavy atom. The minimum Gasteiger partial charge on any atom is -0.471 e. The highest BCUT2D eigenvalue weighted by atomic mass is 19.1. The Morgan fingerprint density at radius 1 is 1.05 bits per heavy atom. The summed E-state index contributed by atoms with van der Waals surface area (Å²) in [6, 6.07) is 19.3. The van der Waals surface area contributed by atoms with Crippen molar-refractivity contribution in [1.29, 1.82) is 0 Å². The van der Waals surface area contributed by atoms with Gasteiger partial charge in [0.1, 0.15) is 29.0 Å². The van der Waals surface area contributed by atoms with Crippen LogP contribution in [0.15, 0.2) is 77.8 Å². The highest BCUT2D eigenvalue weighted by Gasteiger charge is 2.35. The summed E-state index contributed by atoms with van der Waals surface area (Å²) in [5.74, 6) is -2.60. The Bertz CT molecular complexity index is 1670. The standard InChI is InChI=1S/C30H25F2N5O4/c1-40-16-18-14-15-37-30(41-18)23(26(36-37)19-10-5-6-12-21(19)31)28(38)35-27-29(39)34-25-20(11-7-13-22(25)32)24(33-27)17-8-3-2-4-9-17/h2-13,18,27H,14-16H2,1H3,(H,34,39)(H,35,38)/t18?,27-/m1/s1. The molecular formula is C30H25F2N5O4. The van der Waals surface area contributed by atoms with Gasteiger partial charge in [-0.05, 0) is 18.2 Å². The molecule has 0 saturated heterocycles. The molecule has 0 fully saturated rings. The summed E-state index contributed by atoms with van der Waals surface area (Å²) in [6.07, 6.45) is -1.24. The summed E-state index contributed by atoms with van der Waals surface area (Å²) < 4.78 is 42.6. The van der Waals surface area contributed by atoms with Crippen LogP contribution in [0.5, 0.6) is 5.88 Å². The van der Waals surface area contributed by atoms with Crippen LogP contribution in [0.4, 0.5) is 14.5 Å². The van der Waals surface area contributed by atoms with Crippen LogP contribution in [0.3, 0.4) is 0 Å². The number of benzodiazepines with no additional fused rings is 1. The average Bonchev–Trinajstić information content (AvgIpc) is 3.29. The largest absolute Gasteiger partial charge is 0.471 e. The van der Waals surface area contributed by atoms with E-state index in [9.17, 15) is 18.4 Å². The molecule has 208 valence electrons. The molecule has 4 aromatic rings. The molecule has 11 heteroatoms. The quantitative estimate of drug-likeness (QED) is 0.370. The zero-order valence-electron chi connectivity index (χ0n) is 21.9. The first-order valence-electron chi connectivity index (χ1n) is 13.0. The number of aliphatic imine (C=N–C) groups is 1. The molecule has 41 heavy (non-hydrogen) atoms. The van der Waals surface area contributed by atoms with Crippen molar-refractivity contribution in [3.8, 4) is 17.1 Å². The number of nitrogens with one attached hydrogen (secondary N) is 2. The van der Waals surface area contributed by atoms with Gasteiger partial charge in [0.15, 0.2) is 0 Å². The summed E-state index contributed by atoms with van der Waals surface area (Å²) in [6.45, 7) is 0.688. The van der Waals surface area contributed by atoms with Crippen LogP contribution in [0.2, 0.25) is 0 Å². The van der Waals surface area contributed by atoms with E-state index in [0.717, 1.165) is 0 Å². The van der Waals surface area contributed by atoms with Gasteiger partial charge in [-0.1, -0.05) is 54.6 Å². The van der Waals surface area contributed by atoms with Gasteiger partial charge >= 0.3 is 0 Å². The van der Waals surface area contributed by atoms with Gasteiger partial charge in [0.2, 0.25) is 12.0 Å². The zero-order chi connectivity index (χ0) is 28.5. The number of nitrogens with zero attached hydrogens (tertiary/aromatic N) is 3. The molecule has 1 unspecified atom stereocenters. The number of methoxy groups -OCH3 is 1. The highest BCUT2D eigenvalue weighted by molar-refractivity contribution is 6.20. The second-order valence-corrected chi connectivity index (χ2v) is 9.59. The molecule has 3 heterocycles. The SMILES string of the molecule is COCC1CCn2nc(-c3ccccc3F)c(C(=O)N[C@H]3N=C(c4ccccc4)c4cccc(F)c4NC3=O)c2O1. The number of hydrogen-bond acceptors (Lipinski definition) is 6. The van der Waals surface area contributed by atoms with Gasteiger partial charge in [-0.25, -0.2) is 18.5 Å². The van der Waals surface area contributed by atoms with Crippen LogP contribution >= 0.6 is 0 Å². The van der Waals surface area contributed by atoms with Gasteiger partial charge in [-0.3, -0.25) is 9.59 Å². The number of ether oxygens (including phenoxy) is 2. The van der Waals surface area contributed by atoms with E-state index < -0.39 is 29.6 Å². The summed E-state index contributed by atoms with van der Waals surface area (Å²) in [7, 11) is 1.54. The second kappa shape index (κ2) is 10.9. The lowest BCUT2D eigenvalue weighted by Gasteiger charge is -2.24. The number of carbonyl (C=O) groups excluding carboxylic acids is 2. The van der Waals surface area contributed by atoms with E-state index in [1.165, 1.54) is 35.0 Å². The van der Waals surface area contributed by atoms with E-state index in [1.54, 1.807) is 43.5 Å². The Morgan fingerprint density at radius 2 is 1.78 bits per heavy atom. The molecule has 1 aromatic heterocycles. The van der Waals surface area contributed by atoms with Crippen LogP contribution < -0.4 is 15.4 Å². The van der Waals surface area contributed by atoms with Crippen LogP contribution in [0.1, 0.15) is 27.9 Å². The Balaban J connectivity index is 1.43. The predicted molar refractivity (Wildman–Crippen MR) is 147 cm³/mol. The molecule has 2 atom stereocenters. The summed E-state index contributed by atoms with van der Waals surface area (Å²) in [5.41, 5.74) is 1.36. The molecule has 3 aromatic carbocycles. The third kappa shape index (κ3) is 4.95. The number of benzene rings is 3. The van der Waals surface area contributed by atoms with Crippen molar-refractivity contribution in [2.24, 2.45) is 4.99 Å². The summed E-state index contributed by atoms with van der Waals surface area (Å²) in [4.78, 5) is 31.8. The molecule has 0 saturated carbocycles. The van der Waals surface area contributed by atoms with Crippen molar-refractivity contribution in [3.63, 3.8) is 0 Å². The van der Waals surface area contributed by atoms with Crippen molar-refractivity contribution < 1.29 is 27.8 Å². The predicted octanol–water partition coefficient (Wildman–Crippen LogP) is 4.17. The Kier molecular flexibility index (Phi) is 7.02. The smallest absolute Gasteiger partial charge is 0.269 e. The third-order valence-corrected chi connectivity index (χ3v) is 6.89. The number of aromatic nitrogens is 2. The number of rotatable bonds is 6. The van der Waals surface area contributed by atoms with Crippen LogP contribution in [-0.2, 0) is 16.1 Å². The van der Waals surface area contributed by atoms with Gasteiger partial charge in [0, 0.05) is 36.8 Å². The van der Waals surface area contributed by atoms with E-state index in [0.29, 0.717) is 29.8 Å². The number of halogens is 2. The lowest BCUT2D eigenvalue weighted by atomic mass is 10.0. The molecule has 2 N–H and O–H groups in total. The van der Waals surface area contributed by atoms with E-state index in [-0.39, 0.29) is 41.1 Å². The molecule has 9 nitrogen and oxygen atoms in total. The third-order valence-electron chi connectivity index (χ3n) is 6.89. The number of para-hydroxylation sites is 1. The molecule has 0 bridgehead atoms. The minimum absolute atomic E-state index is 0.0439. The molecule has 2 aliphatic rings. The number of carbonyl (C=O) groups is 2. The Labute approximate surface area is 233 Å². The van der Waals surface area contributed by atoms with Gasteiger partial charge < -0.3 is 20.1 Å². The molecule has 0 radical (unpaired) electrons. The first-order valence-corrected chi connectivity index (χ1v) is 13.0. The molecular weight excluding hydrogens is 532 g/mol. The number of anilines is 1.